The second-order valence-corrected chi connectivity index (χ2v) is 11.8. The Labute approximate surface area is 234 Å². The largest absolute Gasteiger partial charge is 0.294 e. The highest BCUT2D eigenvalue weighted by molar-refractivity contribution is 7.86. The summed E-state index contributed by atoms with van der Waals surface area (Å²) >= 11 is 0. The monoisotopic (exact) mass is 578 g/mol. The fourth-order valence-corrected chi connectivity index (χ4v) is 6.12. The van der Waals surface area contributed by atoms with Gasteiger partial charge in [0.25, 0.3) is 20.2 Å². The van der Waals surface area contributed by atoms with Crippen LogP contribution < -0.4 is 0 Å². The Morgan fingerprint density at radius 1 is 0.590 bits per heavy atom. The molecule has 0 amide bonds. The van der Waals surface area contributed by atoms with E-state index >= 15 is 0 Å². The average molecular weight is 579 g/mol. The van der Waals surface area contributed by atoms with Gasteiger partial charge >= 0.3 is 0 Å². The van der Waals surface area contributed by atoms with Crippen LogP contribution in [0.1, 0.15) is 27.8 Å². The van der Waals surface area contributed by atoms with Gasteiger partial charge in [-0.2, -0.15) is 30.3 Å². The Balaban J connectivity index is 0.000000141. The topological polar surface area (TPSA) is 109 Å². The Morgan fingerprint density at radius 2 is 0.974 bits per heavy atom. The van der Waals surface area contributed by atoms with Crippen LogP contribution in [0.15, 0.2) is 107 Å². The van der Waals surface area contributed by atoms with Gasteiger partial charge in [0.1, 0.15) is 0 Å². The van der Waals surface area contributed by atoms with Crippen LogP contribution in [-0.2, 0) is 33.1 Å². The molecule has 0 spiro atoms. The Bertz CT molecular complexity index is 1810. The van der Waals surface area contributed by atoms with Crippen molar-refractivity contribution in [1.82, 2.24) is 0 Å². The molecule has 5 aromatic carbocycles. The molecule has 9 heteroatoms. The van der Waals surface area contributed by atoms with Crippen molar-refractivity contribution in [3.63, 3.8) is 0 Å². The van der Waals surface area contributed by atoms with Gasteiger partial charge in [-0.05, 0) is 61.5 Å². The Kier molecular flexibility index (Phi) is 8.02. The molecule has 0 aromatic heterocycles. The minimum Gasteiger partial charge on any atom is -0.282 e. The lowest BCUT2D eigenvalue weighted by molar-refractivity contribution is 0.481. The average Bonchev–Trinajstić information content (AvgIpc) is 3.82. The molecular weight excluding hydrogens is 553 g/mol. The Hall–Kier alpha value is -3.47. The lowest BCUT2D eigenvalue weighted by Gasteiger charge is -1.99. The summed E-state index contributed by atoms with van der Waals surface area (Å²) in [4.78, 5) is 0.132. The predicted molar refractivity (Wildman–Crippen MR) is 160 cm³/mol. The Morgan fingerprint density at radius 3 is 1.33 bits per heavy atom. The molecule has 6 nitrogen and oxygen atoms in total. The van der Waals surface area contributed by atoms with Crippen LogP contribution in [0.5, 0.6) is 0 Å². The van der Waals surface area contributed by atoms with Gasteiger partial charge in [0.05, 0.1) is 9.79 Å². The van der Waals surface area contributed by atoms with Crippen molar-refractivity contribution in [2.45, 2.75) is 22.6 Å². The summed E-state index contributed by atoms with van der Waals surface area (Å²) in [6.07, 6.45) is 3.17. The van der Waals surface area contributed by atoms with Crippen LogP contribution in [-0.4, -0.2) is 25.9 Å². The highest BCUT2D eigenvalue weighted by Gasteiger charge is 2.30. The fraction of sp³-hybridized carbons (Fsp3) is 0.0667. The van der Waals surface area contributed by atoms with E-state index in [2.05, 4.69) is 6.58 Å². The smallest absolute Gasteiger partial charge is 0.282 e. The standard InChI is InChI=1S/2C11H8O3S.C8H8.H2S/c2*12-15(13,14)11-5-7-3-1-2-4-8(7)9-6-10(9)11;1-2-8-6-4-3-5-7-8;/h2*1-5H,6H2,(H,12,13,14);2-7H,1H2;1H2. The summed E-state index contributed by atoms with van der Waals surface area (Å²) in [5, 5.41) is 3.89. The van der Waals surface area contributed by atoms with Crippen molar-refractivity contribution in [3.05, 3.63) is 125 Å². The molecule has 0 aliphatic heterocycles. The lowest BCUT2D eigenvalue weighted by atomic mass is 10.1. The fourth-order valence-electron chi connectivity index (χ4n) is 4.55. The first-order chi connectivity index (χ1) is 18.1. The van der Waals surface area contributed by atoms with Gasteiger partial charge in [0.15, 0.2) is 0 Å². The molecule has 0 radical (unpaired) electrons. The maximum atomic E-state index is 11.1. The van der Waals surface area contributed by atoms with E-state index in [1.165, 1.54) is 17.7 Å². The SMILES string of the molecule is C=Cc1ccccc1.O=S(=O)(O)c1cc2ccccc2c2c1C2.O=S(=O)(O)c1cc2ccccc2c2c1C2.S. The third kappa shape index (κ3) is 6.24. The number of benzene rings is 5. The predicted octanol–water partition coefficient (Wildman–Crippen LogP) is 6.42. The van der Waals surface area contributed by atoms with Crippen molar-refractivity contribution in [2.24, 2.45) is 0 Å². The van der Waals surface area contributed by atoms with E-state index < -0.39 is 20.2 Å². The molecular formula is C30H26O6S3. The molecule has 0 heterocycles. The zero-order valence-electron chi connectivity index (χ0n) is 20.7. The molecule has 2 aliphatic rings. The van der Waals surface area contributed by atoms with E-state index in [4.69, 9.17) is 9.11 Å². The van der Waals surface area contributed by atoms with Gasteiger partial charge in [-0.25, -0.2) is 0 Å². The molecule has 0 fully saturated rings. The van der Waals surface area contributed by atoms with E-state index in [-0.39, 0.29) is 23.3 Å². The normalized spacial score (nSPS) is 12.5. The lowest BCUT2D eigenvalue weighted by Crippen LogP contribution is -1.97. The van der Waals surface area contributed by atoms with Crippen LogP contribution >= 0.6 is 13.5 Å². The molecule has 0 bridgehead atoms. The molecule has 5 aromatic rings. The van der Waals surface area contributed by atoms with Gasteiger partial charge < -0.3 is 0 Å². The van der Waals surface area contributed by atoms with E-state index in [9.17, 15) is 16.8 Å². The summed E-state index contributed by atoms with van der Waals surface area (Å²) in [5.41, 5.74) is 4.78. The number of fused-ring (bicyclic) bond motifs is 6. The third-order valence-electron chi connectivity index (χ3n) is 6.52. The van der Waals surface area contributed by atoms with Crippen LogP contribution in [0.2, 0.25) is 0 Å². The van der Waals surface area contributed by atoms with Crippen molar-refractivity contribution < 1.29 is 25.9 Å². The van der Waals surface area contributed by atoms with Gasteiger partial charge in [-0.3, -0.25) is 9.11 Å². The number of hydrogen-bond acceptors (Lipinski definition) is 4. The maximum absolute atomic E-state index is 11.1. The van der Waals surface area contributed by atoms with Gasteiger partial charge in [0, 0.05) is 12.8 Å². The molecule has 0 saturated carbocycles. The first-order valence-corrected chi connectivity index (χ1v) is 14.7. The van der Waals surface area contributed by atoms with Crippen molar-refractivity contribution in [1.29, 1.82) is 0 Å². The minimum atomic E-state index is -4.07. The maximum Gasteiger partial charge on any atom is 0.294 e. The van der Waals surface area contributed by atoms with Crippen molar-refractivity contribution >= 4 is 61.4 Å². The van der Waals surface area contributed by atoms with Gasteiger partial charge in [-0.15, -0.1) is 0 Å². The molecule has 0 saturated heterocycles. The number of rotatable bonds is 3. The quantitative estimate of drug-likeness (QED) is 0.234. The van der Waals surface area contributed by atoms with Crippen LogP contribution in [0.25, 0.3) is 27.6 Å². The summed E-state index contributed by atoms with van der Waals surface area (Å²) in [5.74, 6) is 0. The summed E-state index contributed by atoms with van der Waals surface area (Å²) in [6.45, 7) is 3.63. The molecule has 0 unspecified atom stereocenters. The first kappa shape index (κ1) is 28.5. The second kappa shape index (κ2) is 11.0. The first-order valence-electron chi connectivity index (χ1n) is 11.8. The van der Waals surface area contributed by atoms with E-state index in [0.29, 0.717) is 12.8 Å². The highest BCUT2D eigenvalue weighted by atomic mass is 32.2. The summed E-state index contributed by atoms with van der Waals surface area (Å²) in [7, 11) is -8.15. The highest BCUT2D eigenvalue weighted by Crippen LogP contribution is 2.41. The van der Waals surface area contributed by atoms with Crippen molar-refractivity contribution in [2.75, 3.05) is 0 Å². The zero-order valence-corrected chi connectivity index (χ0v) is 23.3. The van der Waals surface area contributed by atoms with Crippen LogP contribution in [0, 0.1) is 0 Å². The molecule has 2 N–H and O–H groups in total. The van der Waals surface area contributed by atoms with Gasteiger partial charge in [-0.1, -0.05) is 91.5 Å². The zero-order chi connectivity index (χ0) is 27.1. The molecule has 0 atom stereocenters. The van der Waals surface area contributed by atoms with E-state index in [0.717, 1.165) is 43.8 Å². The van der Waals surface area contributed by atoms with Gasteiger partial charge in [0.2, 0.25) is 0 Å². The van der Waals surface area contributed by atoms with Crippen LogP contribution in [0.3, 0.4) is 0 Å². The van der Waals surface area contributed by atoms with E-state index in [1.54, 1.807) is 0 Å². The summed E-state index contributed by atoms with van der Waals surface area (Å²) in [6, 6.07) is 28.3. The molecule has 200 valence electrons. The van der Waals surface area contributed by atoms with E-state index in [1.807, 2.05) is 84.9 Å². The minimum absolute atomic E-state index is 0. The number of hydrogen-bond donors (Lipinski definition) is 2. The molecule has 7 rings (SSSR count). The third-order valence-corrected chi connectivity index (χ3v) is 8.36. The molecule has 2 aliphatic carbocycles. The molecule has 39 heavy (non-hydrogen) atoms. The second-order valence-electron chi connectivity index (χ2n) is 9.02. The van der Waals surface area contributed by atoms with Crippen LogP contribution in [0.4, 0.5) is 0 Å². The summed E-state index contributed by atoms with van der Waals surface area (Å²) < 4.78 is 62.4. The van der Waals surface area contributed by atoms with Crippen molar-refractivity contribution in [3.8, 4) is 0 Å².